The lowest BCUT2D eigenvalue weighted by atomic mass is 9.72. The van der Waals surface area contributed by atoms with Gasteiger partial charge in [-0.15, -0.1) is 13.2 Å². The Bertz CT molecular complexity index is 1010. The van der Waals surface area contributed by atoms with Crippen LogP contribution in [-0.4, -0.2) is 42.5 Å². The molecule has 35 heavy (non-hydrogen) atoms. The Morgan fingerprint density at radius 3 is 2.03 bits per heavy atom. The van der Waals surface area contributed by atoms with Crippen LogP contribution in [0.25, 0.3) is 0 Å². The summed E-state index contributed by atoms with van der Waals surface area (Å²) >= 11 is 0. The molecule has 4 nitrogen and oxygen atoms in total. The molecule has 0 unspecified atom stereocenters. The molecule has 1 aliphatic heterocycles. The fourth-order valence-corrected chi connectivity index (χ4v) is 4.94. The van der Waals surface area contributed by atoms with Gasteiger partial charge >= 0.3 is 6.36 Å². The largest absolute Gasteiger partial charge is 0.573 e. The molecule has 1 aliphatic rings. The first kappa shape index (κ1) is 25.1. The van der Waals surface area contributed by atoms with E-state index in [4.69, 9.17) is 0 Å². The van der Waals surface area contributed by atoms with Crippen molar-refractivity contribution in [3.05, 3.63) is 96.1 Å². The minimum atomic E-state index is -4.70. The normalized spacial score (nSPS) is 15.7. The summed E-state index contributed by atoms with van der Waals surface area (Å²) in [6.07, 6.45) is -2.08. The average Bonchev–Trinajstić information content (AvgIpc) is 2.87. The van der Waals surface area contributed by atoms with Crippen molar-refractivity contribution in [2.75, 3.05) is 31.5 Å². The molecule has 3 aromatic carbocycles. The van der Waals surface area contributed by atoms with E-state index in [0.717, 1.165) is 50.0 Å². The number of nitrogens with zero attached hydrogens (tertiary/aromatic N) is 1. The first-order chi connectivity index (χ1) is 16.8. The van der Waals surface area contributed by atoms with Crippen molar-refractivity contribution in [1.82, 2.24) is 4.90 Å². The number of hydrogen-bond acceptors (Lipinski definition) is 4. The smallest absolute Gasteiger partial charge is 0.406 e. The van der Waals surface area contributed by atoms with Crippen LogP contribution in [0.15, 0.2) is 84.9 Å². The van der Waals surface area contributed by atoms with Crippen LogP contribution in [0.4, 0.5) is 18.9 Å². The van der Waals surface area contributed by atoms with Crippen LogP contribution < -0.4 is 10.1 Å². The molecule has 0 saturated carbocycles. The molecule has 0 aliphatic carbocycles. The summed E-state index contributed by atoms with van der Waals surface area (Å²) in [5.74, 6) is -0.119. The lowest BCUT2D eigenvalue weighted by Crippen LogP contribution is -2.44. The molecule has 4 rings (SSSR count). The number of rotatable bonds is 9. The number of aliphatic hydroxyl groups is 1. The molecule has 0 aromatic heterocycles. The molecule has 1 fully saturated rings. The number of halogens is 3. The summed E-state index contributed by atoms with van der Waals surface area (Å²) in [5, 5.41) is 15.2. The van der Waals surface area contributed by atoms with Crippen LogP contribution >= 0.6 is 0 Å². The topological polar surface area (TPSA) is 44.7 Å². The van der Waals surface area contributed by atoms with Crippen LogP contribution in [0.1, 0.15) is 30.4 Å². The number of ether oxygens (including phenoxy) is 1. The van der Waals surface area contributed by atoms with Crippen molar-refractivity contribution in [2.24, 2.45) is 5.92 Å². The number of nitrogens with one attached hydrogen (secondary N) is 1. The standard InChI is InChI=1S/C28H31F3N2O2/c29-28(30,31)35-26-14-7-13-25(21-26)32-17-8-18-33-19-15-24(16-20-33)27(34,22-9-3-1-4-10-22)23-11-5-2-6-12-23/h1-7,9-14,21,24,32,34H,8,15-20H2. The van der Waals surface area contributed by atoms with Gasteiger partial charge in [-0.3, -0.25) is 0 Å². The third-order valence-electron chi connectivity index (χ3n) is 6.65. The maximum atomic E-state index is 12.4. The van der Waals surface area contributed by atoms with Gasteiger partial charge in [-0.2, -0.15) is 0 Å². The van der Waals surface area contributed by atoms with Crippen molar-refractivity contribution in [1.29, 1.82) is 0 Å². The van der Waals surface area contributed by atoms with Gasteiger partial charge in [0.15, 0.2) is 0 Å². The number of hydrogen-bond donors (Lipinski definition) is 2. The second-order valence-corrected chi connectivity index (χ2v) is 8.97. The van der Waals surface area contributed by atoms with Crippen LogP contribution in [0.2, 0.25) is 0 Å². The van der Waals surface area contributed by atoms with E-state index in [2.05, 4.69) is 15.0 Å². The molecule has 3 aromatic rings. The van der Waals surface area contributed by atoms with E-state index in [0.29, 0.717) is 12.2 Å². The molecule has 1 saturated heterocycles. The maximum absolute atomic E-state index is 12.4. The zero-order chi connectivity index (χ0) is 24.7. The van der Waals surface area contributed by atoms with Gasteiger partial charge < -0.3 is 20.1 Å². The van der Waals surface area contributed by atoms with Gasteiger partial charge in [0.2, 0.25) is 0 Å². The van der Waals surface area contributed by atoms with E-state index < -0.39 is 12.0 Å². The second-order valence-electron chi connectivity index (χ2n) is 8.97. The molecule has 0 atom stereocenters. The van der Waals surface area contributed by atoms with Gasteiger partial charge in [0.05, 0.1) is 0 Å². The van der Waals surface area contributed by atoms with Crippen molar-refractivity contribution in [3.63, 3.8) is 0 Å². The molecular formula is C28H31F3N2O2. The van der Waals surface area contributed by atoms with Gasteiger partial charge in [-0.1, -0.05) is 66.7 Å². The lowest BCUT2D eigenvalue weighted by molar-refractivity contribution is -0.274. The van der Waals surface area contributed by atoms with Crippen LogP contribution in [0, 0.1) is 5.92 Å². The second kappa shape index (κ2) is 11.1. The summed E-state index contributed by atoms with van der Waals surface area (Å²) in [7, 11) is 0. The van der Waals surface area contributed by atoms with Crippen LogP contribution in [0.5, 0.6) is 5.75 Å². The summed E-state index contributed by atoms with van der Waals surface area (Å²) in [5.41, 5.74) is 1.41. The highest BCUT2D eigenvalue weighted by Gasteiger charge is 2.41. The monoisotopic (exact) mass is 484 g/mol. The van der Waals surface area contributed by atoms with E-state index >= 15 is 0 Å². The number of benzene rings is 3. The SMILES string of the molecule is OC(c1ccccc1)(c1ccccc1)C1CCN(CCCNc2cccc(OC(F)(F)F)c2)CC1. The molecule has 0 bridgehead atoms. The quantitative estimate of drug-likeness (QED) is 0.364. The van der Waals surface area contributed by atoms with Crippen molar-refractivity contribution >= 4 is 5.69 Å². The summed E-state index contributed by atoms with van der Waals surface area (Å²) in [6, 6.07) is 25.7. The predicted molar refractivity (Wildman–Crippen MR) is 131 cm³/mol. The molecule has 0 amide bonds. The Hall–Kier alpha value is -3.03. The van der Waals surface area contributed by atoms with Crippen molar-refractivity contribution < 1.29 is 23.0 Å². The maximum Gasteiger partial charge on any atom is 0.573 e. The van der Waals surface area contributed by atoms with Gasteiger partial charge in [0.25, 0.3) is 0 Å². The molecule has 7 heteroatoms. The van der Waals surface area contributed by atoms with E-state index in [1.807, 2.05) is 60.7 Å². The van der Waals surface area contributed by atoms with Crippen LogP contribution in [-0.2, 0) is 5.60 Å². The first-order valence-corrected chi connectivity index (χ1v) is 12.0. The van der Waals surface area contributed by atoms with E-state index in [1.165, 1.54) is 18.2 Å². The Kier molecular flexibility index (Phi) is 7.98. The highest BCUT2D eigenvalue weighted by Crippen LogP contribution is 2.41. The molecular weight excluding hydrogens is 453 g/mol. The molecule has 186 valence electrons. The highest BCUT2D eigenvalue weighted by atomic mass is 19.4. The zero-order valence-electron chi connectivity index (χ0n) is 19.5. The fraction of sp³-hybridized carbons (Fsp3) is 0.357. The molecule has 1 heterocycles. The third-order valence-corrected chi connectivity index (χ3v) is 6.65. The molecule has 0 radical (unpaired) electrons. The highest BCUT2D eigenvalue weighted by molar-refractivity contribution is 5.48. The van der Waals surface area contributed by atoms with Gasteiger partial charge in [0.1, 0.15) is 11.4 Å². The number of likely N-dealkylation sites (tertiary alicyclic amines) is 1. The summed E-state index contributed by atoms with van der Waals surface area (Å²) in [4.78, 5) is 2.39. The number of alkyl halides is 3. The van der Waals surface area contributed by atoms with E-state index in [9.17, 15) is 18.3 Å². The van der Waals surface area contributed by atoms with E-state index in [1.54, 1.807) is 6.07 Å². The summed E-state index contributed by atoms with van der Waals surface area (Å²) in [6.45, 7) is 3.31. The molecule has 0 spiro atoms. The van der Waals surface area contributed by atoms with Crippen LogP contribution in [0.3, 0.4) is 0 Å². The van der Waals surface area contributed by atoms with Gasteiger partial charge in [-0.25, -0.2) is 0 Å². The Balaban J connectivity index is 1.29. The van der Waals surface area contributed by atoms with Crippen molar-refractivity contribution in [3.8, 4) is 5.75 Å². The Labute approximate surface area is 204 Å². The minimum absolute atomic E-state index is 0.109. The van der Waals surface area contributed by atoms with Gasteiger partial charge in [0, 0.05) is 18.3 Å². The molecule has 2 N–H and O–H groups in total. The zero-order valence-corrected chi connectivity index (χ0v) is 19.5. The van der Waals surface area contributed by atoms with Gasteiger partial charge in [-0.05, 0) is 68.1 Å². The first-order valence-electron chi connectivity index (χ1n) is 12.0. The Morgan fingerprint density at radius 2 is 1.46 bits per heavy atom. The van der Waals surface area contributed by atoms with E-state index in [-0.39, 0.29) is 11.7 Å². The number of anilines is 1. The predicted octanol–water partition coefficient (Wildman–Crippen LogP) is 6.04. The third kappa shape index (κ3) is 6.55. The minimum Gasteiger partial charge on any atom is -0.406 e. The lowest BCUT2D eigenvalue weighted by Gasteiger charge is -2.42. The average molecular weight is 485 g/mol. The van der Waals surface area contributed by atoms with Crippen molar-refractivity contribution in [2.45, 2.75) is 31.2 Å². The summed E-state index contributed by atoms with van der Waals surface area (Å²) < 4.78 is 41.2. The number of piperidine rings is 1. The fourth-order valence-electron chi connectivity index (χ4n) is 4.94. The Morgan fingerprint density at radius 1 is 0.857 bits per heavy atom.